The fraction of sp³-hybridized carbons (Fsp3) is 0.0667. The molecule has 1 atom stereocenters. The van der Waals surface area contributed by atoms with Gasteiger partial charge in [0, 0.05) is 5.41 Å². The lowest BCUT2D eigenvalue weighted by Crippen LogP contribution is -2.04. The van der Waals surface area contributed by atoms with Gasteiger partial charge >= 0.3 is 0 Å². The molecule has 2 rings (SSSR count). The summed E-state index contributed by atoms with van der Waals surface area (Å²) in [5.41, 5.74) is 0.932. The van der Waals surface area contributed by atoms with Crippen LogP contribution < -0.4 is 0 Å². The van der Waals surface area contributed by atoms with Crippen LogP contribution in [-0.2, 0) is 19.8 Å². The van der Waals surface area contributed by atoms with Gasteiger partial charge in [-0.25, -0.2) is 4.21 Å². The summed E-state index contributed by atoms with van der Waals surface area (Å²) < 4.78 is 41.0. The maximum atomic E-state index is 12.7. The first-order chi connectivity index (χ1) is 9.87. The van der Waals surface area contributed by atoms with E-state index in [0.717, 1.165) is 11.0 Å². The van der Waals surface area contributed by atoms with E-state index in [9.17, 15) is 12.6 Å². The van der Waals surface area contributed by atoms with Gasteiger partial charge in [-0.1, -0.05) is 46.2 Å². The predicted molar refractivity (Wildman–Crippen MR) is 83.8 cm³/mol. The van der Waals surface area contributed by atoms with E-state index in [-0.39, 0.29) is 4.90 Å². The molecule has 0 unspecified atom stereocenters. The molecule has 0 aliphatic carbocycles. The van der Waals surface area contributed by atoms with Crippen molar-refractivity contribution in [1.29, 1.82) is 0 Å². The average Bonchev–Trinajstić information content (AvgIpc) is 2.48. The highest BCUT2D eigenvalue weighted by Crippen LogP contribution is 2.21. The van der Waals surface area contributed by atoms with Crippen LogP contribution in [-0.4, -0.2) is 12.6 Å². The van der Waals surface area contributed by atoms with Gasteiger partial charge in [-0.2, -0.15) is 8.42 Å². The van der Waals surface area contributed by atoms with Crippen LogP contribution in [0, 0.1) is 6.92 Å². The normalized spacial score (nSPS) is 14.1. The molecule has 0 bridgehead atoms. The lowest BCUT2D eigenvalue weighted by atomic mass is 10.2. The fourth-order valence-electron chi connectivity index (χ4n) is 1.68. The predicted octanol–water partition coefficient (Wildman–Crippen LogP) is 3.35. The number of hydrogen-bond acceptors (Lipinski definition) is 3. The van der Waals surface area contributed by atoms with Crippen LogP contribution in [0.3, 0.4) is 0 Å². The van der Waals surface area contributed by atoms with Crippen LogP contribution in [0.4, 0.5) is 0 Å². The summed E-state index contributed by atoms with van der Waals surface area (Å²) in [7, 11) is -7.24. The Hall–Kier alpha value is -1.92. The van der Waals surface area contributed by atoms with Gasteiger partial charge in [0.1, 0.15) is 9.73 Å². The Balaban J connectivity index is 2.61. The minimum Gasteiger partial charge on any atom is -0.239 e. The molecule has 0 aliphatic rings. The molecule has 0 heterocycles. The van der Waals surface area contributed by atoms with Gasteiger partial charge in [-0.3, -0.25) is 0 Å². The monoisotopic (exact) mass is 321 g/mol. The number of sulfonamides is 1. The molecule has 4 nitrogen and oxygen atoms in total. The van der Waals surface area contributed by atoms with Crippen molar-refractivity contribution in [2.45, 2.75) is 16.7 Å². The zero-order chi connectivity index (χ0) is 15.5. The molecule has 21 heavy (non-hydrogen) atoms. The largest absolute Gasteiger partial charge is 0.290 e. The molecule has 0 saturated heterocycles. The number of aryl methyl sites for hydroxylation is 1. The Labute approximate surface area is 125 Å². The quantitative estimate of drug-likeness (QED) is 0.867. The molecule has 0 N–H and O–H groups in total. The standard InChI is InChI=1S/C15H15NO3S2/c1-3-20(17,14-7-5-4-6-8-14)16-21(18,19)15-11-9-13(2)10-12-15/h3-12H,1H2,2H3/t20-/m0/s1. The Morgan fingerprint density at radius 3 is 2.00 bits per heavy atom. The lowest BCUT2D eigenvalue weighted by molar-refractivity contribution is 0.598. The van der Waals surface area contributed by atoms with E-state index in [1.165, 1.54) is 12.1 Å². The van der Waals surface area contributed by atoms with Crippen LogP contribution in [0.15, 0.2) is 80.1 Å². The first kappa shape index (κ1) is 15.5. The highest BCUT2D eigenvalue weighted by atomic mass is 32.3. The van der Waals surface area contributed by atoms with Gasteiger partial charge in [0.05, 0.1) is 9.79 Å². The summed E-state index contributed by atoms with van der Waals surface area (Å²) in [6.07, 6.45) is 0. The van der Waals surface area contributed by atoms with Gasteiger partial charge in [0.15, 0.2) is 0 Å². The zero-order valence-electron chi connectivity index (χ0n) is 11.5. The van der Waals surface area contributed by atoms with Crippen molar-refractivity contribution in [3.63, 3.8) is 0 Å². The Kier molecular flexibility index (Phi) is 4.29. The third-order valence-corrected chi connectivity index (χ3v) is 6.77. The molecule has 0 fully saturated rings. The smallest absolute Gasteiger partial charge is 0.239 e. The maximum absolute atomic E-state index is 12.7. The fourth-order valence-corrected chi connectivity index (χ4v) is 5.00. The molecule has 0 amide bonds. The molecule has 2 aromatic carbocycles. The number of rotatable bonds is 4. The van der Waals surface area contributed by atoms with Crippen LogP contribution in [0.2, 0.25) is 0 Å². The van der Waals surface area contributed by atoms with Crippen LogP contribution in [0.1, 0.15) is 5.56 Å². The van der Waals surface area contributed by atoms with E-state index in [2.05, 4.69) is 10.3 Å². The summed E-state index contributed by atoms with van der Waals surface area (Å²) in [6, 6.07) is 14.5. The molecule has 2 aromatic rings. The molecular formula is C15H15NO3S2. The second kappa shape index (κ2) is 5.83. The molecule has 0 aliphatic heterocycles. The number of nitrogens with zero attached hydrogens (tertiary/aromatic N) is 1. The second-order valence-electron chi connectivity index (χ2n) is 4.41. The van der Waals surface area contributed by atoms with Crippen molar-refractivity contribution in [2.75, 3.05) is 0 Å². The first-order valence-corrected chi connectivity index (χ1v) is 9.17. The third kappa shape index (κ3) is 3.40. The lowest BCUT2D eigenvalue weighted by Gasteiger charge is -2.06. The summed E-state index contributed by atoms with van der Waals surface area (Å²) in [6.45, 7) is 5.32. The number of hydrogen-bond donors (Lipinski definition) is 0. The van der Waals surface area contributed by atoms with Gasteiger partial charge < -0.3 is 0 Å². The minimum atomic E-state index is -4.02. The summed E-state index contributed by atoms with van der Waals surface area (Å²) in [4.78, 5) is 0.328. The Morgan fingerprint density at radius 1 is 0.905 bits per heavy atom. The van der Waals surface area contributed by atoms with Gasteiger partial charge in [0.25, 0.3) is 10.0 Å². The van der Waals surface area contributed by atoms with Gasteiger partial charge in [0.2, 0.25) is 0 Å². The van der Waals surface area contributed by atoms with Crippen LogP contribution >= 0.6 is 0 Å². The zero-order valence-corrected chi connectivity index (χ0v) is 13.1. The molecule has 0 aromatic heterocycles. The van der Waals surface area contributed by atoms with Crippen molar-refractivity contribution in [3.05, 3.63) is 72.1 Å². The molecule has 0 radical (unpaired) electrons. The summed E-state index contributed by atoms with van der Waals surface area (Å²) in [5, 5.41) is 1.08. The Bertz CT molecular complexity index is 861. The minimum absolute atomic E-state index is 0.0126. The van der Waals surface area contributed by atoms with Crippen molar-refractivity contribution < 1.29 is 12.6 Å². The average molecular weight is 321 g/mol. The SMILES string of the molecule is C=C[S@@](=O)(=NS(=O)(=O)c1ccc(C)cc1)c1ccccc1. The Morgan fingerprint density at radius 2 is 1.48 bits per heavy atom. The van der Waals surface area contributed by atoms with Crippen molar-refractivity contribution in [3.8, 4) is 0 Å². The molecule has 6 heteroatoms. The molecule has 0 saturated carbocycles. The first-order valence-electron chi connectivity index (χ1n) is 6.15. The van der Waals surface area contributed by atoms with E-state index >= 15 is 0 Å². The van der Waals surface area contributed by atoms with E-state index in [1.807, 2.05) is 6.92 Å². The maximum Gasteiger partial charge on any atom is 0.290 e. The second-order valence-corrected chi connectivity index (χ2v) is 8.37. The van der Waals surface area contributed by atoms with Crippen LogP contribution in [0.5, 0.6) is 0 Å². The molecule has 110 valence electrons. The van der Waals surface area contributed by atoms with Crippen molar-refractivity contribution in [2.24, 2.45) is 3.77 Å². The van der Waals surface area contributed by atoms with E-state index in [1.54, 1.807) is 42.5 Å². The molecular weight excluding hydrogens is 306 g/mol. The van der Waals surface area contributed by atoms with E-state index < -0.39 is 19.8 Å². The summed E-state index contributed by atoms with van der Waals surface area (Å²) >= 11 is 0. The topological polar surface area (TPSA) is 63.6 Å². The molecule has 0 spiro atoms. The van der Waals surface area contributed by atoms with E-state index in [0.29, 0.717) is 4.90 Å². The number of benzene rings is 2. The summed E-state index contributed by atoms with van der Waals surface area (Å²) in [5.74, 6) is 0. The van der Waals surface area contributed by atoms with Crippen molar-refractivity contribution in [1.82, 2.24) is 0 Å². The third-order valence-electron chi connectivity index (χ3n) is 2.83. The van der Waals surface area contributed by atoms with Gasteiger partial charge in [-0.15, -0.1) is 0 Å². The van der Waals surface area contributed by atoms with E-state index in [4.69, 9.17) is 0 Å². The van der Waals surface area contributed by atoms with Gasteiger partial charge in [-0.05, 0) is 31.2 Å². The van der Waals surface area contributed by atoms with Crippen LogP contribution in [0.25, 0.3) is 0 Å². The van der Waals surface area contributed by atoms with Crippen molar-refractivity contribution >= 4 is 19.8 Å². The highest BCUT2D eigenvalue weighted by molar-refractivity contribution is 8.05. The highest BCUT2D eigenvalue weighted by Gasteiger charge is 2.18.